The Morgan fingerprint density at radius 2 is 1.76 bits per heavy atom. The van der Waals surface area contributed by atoms with Crippen LogP contribution in [0, 0.1) is 11.2 Å². The van der Waals surface area contributed by atoms with Crippen LogP contribution in [0.4, 0.5) is 10.2 Å². The van der Waals surface area contributed by atoms with Crippen molar-refractivity contribution in [1.29, 1.82) is 0 Å². The van der Waals surface area contributed by atoms with Crippen molar-refractivity contribution in [1.82, 2.24) is 14.8 Å². The van der Waals surface area contributed by atoms with E-state index in [1.54, 1.807) is 29.1 Å². The van der Waals surface area contributed by atoms with Gasteiger partial charge in [0.1, 0.15) is 17.3 Å². The third-order valence-electron chi connectivity index (χ3n) is 6.10. The Morgan fingerprint density at radius 1 is 1.06 bits per heavy atom. The number of amides is 1. The topological polar surface area (TPSA) is 97.1 Å². The van der Waals surface area contributed by atoms with Crippen molar-refractivity contribution in [2.45, 2.75) is 53.0 Å². The van der Waals surface area contributed by atoms with Crippen LogP contribution < -0.4 is 5.32 Å². The Morgan fingerprint density at radius 3 is 2.36 bits per heavy atom. The van der Waals surface area contributed by atoms with Crippen molar-refractivity contribution in [2.75, 3.05) is 5.32 Å². The molecule has 0 aliphatic carbocycles. The highest BCUT2D eigenvalue weighted by Crippen LogP contribution is 2.35. The maximum Gasteiger partial charge on any atom is 0.303 e. The molecular formula is C25H29FN4O3. The van der Waals surface area contributed by atoms with Gasteiger partial charge in [-0.2, -0.15) is 5.10 Å². The molecule has 3 aromatic rings. The molecule has 174 valence electrons. The number of benzene rings is 1. The van der Waals surface area contributed by atoms with Crippen LogP contribution in [-0.2, 0) is 16.1 Å². The molecule has 8 heteroatoms. The summed E-state index contributed by atoms with van der Waals surface area (Å²) in [6.07, 6.45) is 4.74. The van der Waals surface area contributed by atoms with Gasteiger partial charge in [0.05, 0.1) is 6.42 Å². The lowest BCUT2D eigenvalue weighted by atomic mass is 9.76. The fraction of sp³-hybridized carbons (Fsp3) is 0.360. The number of carboxylic acids is 1. The van der Waals surface area contributed by atoms with Gasteiger partial charge in [0.2, 0.25) is 5.91 Å². The van der Waals surface area contributed by atoms with Crippen molar-refractivity contribution in [2.24, 2.45) is 5.41 Å². The fourth-order valence-electron chi connectivity index (χ4n) is 3.94. The Balaban J connectivity index is 1.87. The fourth-order valence-corrected chi connectivity index (χ4v) is 3.94. The van der Waals surface area contributed by atoms with Gasteiger partial charge in [-0.1, -0.05) is 13.8 Å². The molecule has 0 unspecified atom stereocenters. The zero-order chi connectivity index (χ0) is 24.0. The van der Waals surface area contributed by atoms with Gasteiger partial charge >= 0.3 is 5.97 Å². The van der Waals surface area contributed by atoms with Crippen molar-refractivity contribution in [3.05, 3.63) is 54.6 Å². The summed E-state index contributed by atoms with van der Waals surface area (Å²) in [5.41, 5.74) is 2.54. The van der Waals surface area contributed by atoms with E-state index in [9.17, 15) is 19.1 Å². The standard InChI is InChI=1S/C25H29FN4O3/c1-4-25(5-2,15-23(32)33)14-22(31)28-21-13-18(11-12-27-21)20-16-30(6-3)29-24(20)17-7-9-19(26)10-8-17/h7-13,16H,4-6,14-15H2,1-3H3,(H,32,33)(H,27,28,31). The minimum atomic E-state index is -0.909. The van der Waals surface area contributed by atoms with Crippen LogP contribution in [0.15, 0.2) is 48.8 Å². The molecule has 0 bridgehead atoms. The molecule has 0 aliphatic rings. The summed E-state index contributed by atoms with van der Waals surface area (Å²) in [6.45, 7) is 6.46. The monoisotopic (exact) mass is 452 g/mol. The molecule has 0 saturated carbocycles. The second-order valence-corrected chi connectivity index (χ2v) is 8.19. The number of nitrogens with zero attached hydrogens (tertiary/aromatic N) is 3. The van der Waals surface area contributed by atoms with E-state index in [-0.39, 0.29) is 24.6 Å². The third kappa shape index (κ3) is 5.83. The lowest BCUT2D eigenvalue weighted by Crippen LogP contribution is -2.29. The largest absolute Gasteiger partial charge is 0.481 e. The van der Waals surface area contributed by atoms with Crippen LogP contribution in [0.3, 0.4) is 0 Å². The molecule has 0 spiro atoms. The highest BCUT2D eigenvalue weighted by atomic mass is 19.1. The Kier molecular flexibility index (Phi) is 7.58. The zero-order valence-corrected chi connectivity index (χ0v) is 19.1. The second kappa shape index (κ2) is 10.4. The molecule has 2 aromatic heterocycles. The van der Waals surface area contributed by atoms with E-state index in [2.05, 4.69) is 15.4 Å². The first-order chi connectivity index (χ1) is 15.8. The lowest BCUT2D eigenvalue weighted by molar-refractivity contribution is -0.140. The zero-order valence-electron chi connectivity index (χ0n) is 19.1. The van der Waals surface area contributed by atoms with Gasteiger partial charge in [0.15, 0.2) is 0 Å². The van der Waals surface area contributed by atoms with Gasteiger partial charge in [0.25, 0.3) is 0 Å². The molecule has 0 saturated heterocycles. The molecule has 0 radical (unpaired) electrons. The highest BCUT2D eigenvalue weighted by molar-refractivity contribution is 5.91. The molecule has 0 fully saturated rings. The highest BCUT2D eigenvalue weighted by Gasteiger charge is 2.32. The number of hydrogen-bond donors (Lipinski definition) is 2. The molecule has 7 nitrogen and oxygen atoms in total. The van der Waals surface area contributed by atoms with Crippen LogP contribution in [0.25, 0.3) is 22.4 Å². The van der Waals surface area contributed by atoms with E-state index in [0.29, 0.717) is 30.9 Å². The Bertz CT molecular complexity index is 1120. The molecule has 0 aliphatic heterocycles. The second-order valence-electron chi connectivity index (χ2n) is 8.19. The van der Waals surface area contributed by atoms with E-state index >= 15 is 0 Å². The normalized spacial score (nSPS) is 11.4. The molecule has 3 rings (SSSR count). The number of aryl methyl sites for hydroxylation is 1. The average molecular weight is 453 g/mol. The number of anilines is 1. The van der Waals surface area contributed by atoms with Crippen LogP contribution in [-0.4, -0.2) is 31.7 Å². The van der Waals surface area contributed by atoms with Gasteiger partial charge in [-0.05, 0) is 67.1 Å². The van der Waals surface area contributed by atoms with E-state index in [1.165, 1.54) is 12.1 Å². The average Bonchev–Trinajstić information content (AvgIpc) is 3.23. The van der Waals surface area contributed by atoms with Crippen molar-refractivity contribution in [3.8, 4) is 22.4 Å². The maximum atomic E-state index is 13.4. The van der Waals surface area contributed by atoms with E-state index in [0.717, 1.165) is 16.7 Å². The van der Waals surface area contributed by atoms with Gasteiger partial charge in [-0.3, -0.25) is 14.3 Å². The third-order valence-corrected chi connectivity index (χ3v) is 6.10. The predicted octanol–water partition coefficient (Wildman–Crippen LogP) is 5.38. The number of pyridine rings is 1. The number of aromatic nitrogens is 3. The molecular weight excluding hydrogens is 423 g/mol. The Hall–Kier alpha value is -3.55. The minimum absolute atomic E-state index is 0.0574. The van der Waals surface area contributed by atoms with Gasteiger partial charge in [-0.15, -0.1) is 0 Å². The summed E-state index contributed by atoms with van der Waals surface area (Å²) in [6, 6.07) is 9.75. The summed E-state index contributed by atoms with van der Waals surface area (Å²) >= 11 is 0. The molecule has 0 atom stereocenters. The van der Waals surface area contributed by atoms with Gasteiger partial charge in [0, 0.05) is 36.5 Å². The number of rotatable bonds is 10. The smallest absolute Gasteiger partial charge is 0.303 e. The van der Waals surface area contributed by atoms with Crippen LogP contribution in [0.2, 0.25) is 0 Å². The quantitative estimate of drug-likeness (QED) is 0.430. The first-order valence-electron chi connectivity index (χ1n) is 11.1. The van der Waals surface area contributed by atoms with Crippen LogP contribution >= 0.6 is 0 Å². The molecule has 2 N–H and O–H groups in total. The summed E-state index contributed by atoms with van der Waals surface area (Å²) in [7, 11) is 0. The number of carboxylic acid groups (broad SMARTS) is 1. The SMILES string of the molecule is CCn1cc(-c2ccnc(NC(=O)CC(CC)(CC)CC(=O)O)c2)c(-c2ccc(F)cc2)n1. The first kappa shape index (κ1) is 24.1. The number of nitrogens with one attached hydrogen (secondary N) is 1. The molecule has 1 aromatic carbocycles. The number of carbonyl (C=O) groups excluding carboxylic acids is 1. The molecule has 2 heterocycles. The van der Waals surface area contributed by atoms with E-state index < -0.39 is 11.4 Å². The van der Waals surface area contributed by atoms with Crippen molar-refractivity contribution in [3.63, 3.8) is 0 Å². The molecule has 1 amide bonds. The minimum Gasteiger partial charge on any atom is -0.481 e. The lowest BCUT2D eigenvalue weighted by Gasteiger charge is -2.29. The summed E-state index contributed by atoms with van der Waals surface area (Å²) < 4.78 is 15.2. The Labute approximate surface area is 192 Å². The summed E-state index contributed by atoms with van der Waals surface area (Å²) in [5, 5.41) is 16.7. The summed E-state index contributed by atoms with van der Waals surface area (Å²) in [5.74, 6) is -1.12. The number of hydrogen-bond acceptors (Lipinski definition) is 4. The summed E-state index contributed by atoms with van der Waals surface area (Å²) in [4.78, 5) is 28.3. The van der Waals surface area contributed by atoms with Gasteiger partial charge < -0.3 is 10.4 Å². The van der Waals surface area contributed by atoms with E-state index in [4.69, 9.17) is 0 Å². The van der Waals surface area contributed by atoms with Crippen LogP contribution in [0.5, 0.6) is 0 Å². The van der Waals surface area contributed by atoms with Crippen molar-refractivity contribution < 1.29 is 19.1 Å². The first-order valence-corrected chi connectivity index (χ1v) is 11.1. The van der Waals surface area contributed by atoms with Gasteiger partial charge in [-0.25, -0.2) is 9.37 Å². The van der Waals surface area contributed by atoms with E-state index in [1.807, 2.05) is 33.0 Å². The number of aliphatic carboxylic acids is 1. The maximum absolute atomic E-state index is 13.4. The number of carbonyl (C=O) groups is 2. The van der Waals surface area contributed by atoms with Crippen molar-refractivity contribution >= 4 is 17.7 Å². The molecule has 33 heavy (non-hydrogen) atoms. The number of halogens is 1. The predicted molar refractivity (Wildman–Crippen MR) is 125 cm³/mol. The van der Waals surface area contributed by atoms with Crippen LogP contribution in [0.1, 0.15) is 46.5 Å².